The Morgan fingerprint density at radius 3 is 2.52 bits per heavy atom. The molecule has 1 amide bonds. The van der Waals surface area contributed by atoms with E-state index >= 15 is 0 Å². The summed E-state index contributed by atoms with van der Waals surface area (Å²) < 4.78 is 68.8. The van der Waals surface area contributed by atoms with Gasteiger partial charge in [-0.25, -0.2) is 18.4 Å². The number of fused-ring (bicyclic) bond motifs is 1. The zero-order valence-electron chi connectivity index (χ0n) is 24.4. The number of amides is 1. The third-order valence-electron chi connectivity index (χ3n) is 9.03. The fourth-order valence-corrected chi connectivity index (χ4v) is 8.92. The summed E-state index contributed by atoms with van der Waals surface area (Å²) in [7, 11) is -1.75. The highest BCUT2D eigenvalue weighted by Crippen LogP contribution is 2.46. The SMILES string of the molecule is C[C@@H]1CN(c2ccc(Nc3ncc(C(F)(F)F)c(-c4cc5c(s4)C(=O)N(C4CC4)CCS5(=O)=O)n3)c(C3CC3)c2)CCN1C. The summed E-state index contributed by atoms with van der Waals surface area (Å²) in [5, 5.41) is 3.15. The van der Waals surface area contributed by atoms with E-state index in [1.165, 1.54) is 11.0 Å². The van der Waals surface area contributed by atoms with Gasteiger partial charge in [0.05, 0.1) is 21.2 Å². The van der Waals surface area contributed by atoms with E-state index in [0.29, 0.717) is 12.0 Å². The van der Waals surface area contributed by atoms with Crippen LogP contribution in [0.2, 0.25) is 0 Å². The van der Waals surface area contributed by atoms with Crippen molar-refractivity contribution in [3.63, 3.8) is 0 Å². The number of nitrogens with zero attached hydrogens (tertiary/aromatic N) is 5. The molecule has 4 heterocycles. The number of thiophene rings is 1. The third kappa shape index (κ3) is 5.56. The number of piperazine rings is 1. The monoisotopic (exact) mass is 646 g/mol. The first-order valence-electron chi connectivity index (χ1n) is 14.9. The summed E-state index contributed by atoms with van der Waals surface area (Å²) in [5.74, 6) is -0.415. The molecule has 3 fully saturated rings. The molecule has 2 saturated carbocycles. The van der Waals surface area contributed by atoms with Crippen molar-refractivity contribution in [2.45, 2.75) is 61.7 Å². The Kier molecular flexibility index (Phi) is 7.16. The van der Waals surface area contributed by atoms with Crippen molar-refractivity contribution in [3.8, 4) is 10.6 Å². The van der Waals surface area contributed by atoms with Crippen LogP contribution in [-0.2, 0) is 16.0 Å². The van der Waals surface area contributed by atoms with Gasteiger partial charge in [0.15, 0.2) is 9.84 Å². The van der Waals surface area contributed by atoms with Gasteiger partial charge >= 0.3 is 6.18 Å². The number of halogens is 3. The van der Waals surface area contributed by atoms with Crippen LogP contribution in [0.4, 0.5) is 30.5 Å². The first kappa shape index (κ1) is 29.5. The molecule has 0 unspecified atom stereocenters. The summed E-state index contributed by atoms with van der Waals surface area (Å²) >= 11 is 0.745. The third-order valence-corrected chi connectivity index (χ3v) is 12.0. The lowest BCUT2D eigenvalue weighted by molar-refractivity contribution is -0.137. The minimum absolute atomic E-state index is 0.0264. The van der Waals surface area contributed by atoms with Gasteiger partial charge in [-0.05, 0) is 75.4 Å². The molecule has 0 spiro atoms. The molecule has 14 heteroatoms. The van der Waals surface area contributed by atoms with E-state index in [4.69, 9.17) is 0 Å². The topological polar surface area (TPSA) is 98.7 Å². The zero-order chi connectivity index (χ0) is 31.0. The fourth-order valence-electron chi connectivity index (χ4n) is 6.00. The number of hydrogen-bond acceptors (Lipinski definition) is 9. The number of carbonyl (C=O) groups excluding carboxylic acids is 1. The Balaban J connectivity index is 1.25. The number of aromatic nitrogens is 2. The van der Waals surface area contributed by atoms with Crippen molar-refractivity contribution in [2.24, 2.45) is 0 Å². The molecule has 4 aliphatic rings. The second-order valence-electron chi connectivity index (χ2n) is 12.3. The molecule has 1 saturated heterocycles. The van der Waals surface area contributed by atoms with E-state index in [1.54, 1.807) is 0 Å². The number of hydrogen-bond donors (Lipinski definition) is 1. The predicted octanol–water partition coefficient (Wildman–Crippen LogP) is 5.38. The Morgan fingerprint density at radius 1 is 1.07 bits per heavy atom. The van der Waals surface area contributed by atoms with Crippen molar-refractivity contribution < 1.29 is 26.4 Å². The van der Waals surface area contributed by atoms with Crippen molar-refractivity contribution >= 4 is 44.4 Å². The first-order chi connectivity index (χ1) is 20.9. The highest BCUT2D eigenvalue weighted by molar-refractivity contribution is 7.91. The summed E-state index contributed by atoms with van der Waals surface area (Å²) in [6.45, 7) is 5.04. The maximum atomic E-state index is 14.2. The molecular weight excluding hydrogens is 613 g/mol. The number of benzene rings is 1. The molecule has 2 aliphatic carbocycles. The van der Waals surface area contributed by atoms with Gasteiger partial charge in [0, 0.05) is 55.8 Å². The van der Waals surface area contributed by atoms with Crippen LogP contribution in [0.5, 0.6) is 0 Å². The summed E-state index contributed by atoms with van der Waals surface area (Å²) in [6, 6.07) is 7.65. The number of likely N-dealkylation sites (N-methyl/N-ethyl adjacent to an activating group) is 1. The van der Waals surface area contributed by atoms with Gasteiger partial charge in [-0.1, -0.05) is 0 Å². The van der Waals surface area contributed by atoms with Gasteiger partial charge in [0.2, 0.25) is 5.95 Å². The Labute approximate surface area is 258 Å². The lowest BCUT2D eigenvalue weighted by Gasteiger charge is -2.39. The van der Waals surface area contributed by atoms with Crippen LogP contribution in [0.1, 0.15) is 59.3 Å². The zero-order valence-corrected chi connectivity index (χ0v) is 26.0. The van der Waals surface area contributed by atoms with Gasteiger partial charge in [-0.3, -0.25) is 4.79 Å². The molecule has 1 atom stereocenters. The molecule has 1 N–H and O–H groups in total. The maximum Gasteiger partial charge on any atom is 0.420 e. The Hall–Kier alpha value is -3.23. The minimum atomic E-state index is -4.79. The van der Waals surface area contributed by atoms with Gasteiger partial charge in [0.1, 0.15) is 10.4 Å². The number of carbonyl (C=O) groups is 1. The number of nitrogens with one attached hydrogen (secondary N) is 1. The maximum absolute atomic E-state index is 14.2. The van der Waals surface area contributed by atoms with Crippen molar-refractivity contribution in [1.82, 2.24) is 19.8 Å². The molecule has 9 nitrogen and oxygen atoms in total. The normalized spacial score (nSPS) is 22.6. The van der Waals surface area contributed by atoms with Crippen molar-refractivity contribution in [3.05, 3.63) is 46.5 Å². The Bertz CT molecular complexity index is 1740. The lowest BCUT2D eigenvalue weighted by atomic mass is 10.1. The van der Waals surface area contributed by atoms with E-state index < -0.39 is 33.2 Å². The van der Waals surface area contributed by atoms with E-state index in [1.807, 2.05) is 12.1 Å². The van der Waals surface area contributed by atoms with Crippen LogP contribution < -0.4 is 10.2 Å². The average Bonchev–Trinajstić information content (AvgIpc) is 3.92. The molecule has 3 aromatic rings. The van der Waals surface area contributed by atoms with E-state index in [9.17, 15) is 26.4 Å². The molecular formula is C30H33F3N6O3S2. The molecule has 1 aromatic carbocycles. The Morgan fingerprint density at radius 2 is 1.84 bits per heavy atom. The standard InChI is InChI=1S/C30H33F3N6O3S2/c1-17-16-38(10-9-37(17)2)20-7-8-23(21(13-20)18-3-4-18)35-29-34-15-22(30(31,32)33)26(36-29)24-14-25-27(43-24)28(40)39(19-5-6-19)11-12-44(25,41)42/h7-8,13-15,17-19H,3-6,9-12,16H2,1-2H3,(H,34,35,36)/t17-/m1/s1. The average molecular weight is 647 g/mol. The summed E-state index contributed by atoms with van der Waals surface area (Å²) in [6.07, 6.45) is -0.444. The highest BCUT2D eigenvalue weighted by Gasteiger charge is 2.42. The van der Waals surface area contributed by atoms with E-state index in [2.05, 4.69) is 45.1 Å². The van der Waals surface area contributed by atoms with E-state index in [-0.39, 0.29) is 38.9 Å². The van der Waals surface area contributed by atoms with E-state index in [0.717, 1.165) is 79.8 Å². The number of anilines is 3. The molecule has 0 bridgehead atoms. The van der Waals surface area contributed by atoms with Crippen molar-refractivity contribution in [2.75, 3.05) is 49.2 Å². The second-order valence-corrected chi connectivity index (χ2v) is 15.4. The van der Waals surface area contributed by atoms with Gasteiger partial charge in [0.25, 0.3) is 5.91 Å². The van der Waals surface area contributed by atoms with Crippen LogP contribution >= 0.6 is 11.3 Å². The van der Waals surface area contributed by atoms with Gasteiger partial charge < -0.3 is 20.0 Å². The number of rotatable bonds is 6. The van der Waals surface area contributed by atoms with Crippen LogP contribution in [0, 0.1) is 0 Å². The highest BCUT2D eigenvalue weighted by atomic mass is 32.2. The summed E-state index contributed by atoms with van der Waals surface area (Å²) in [5.41, 5.74) is 1.36. The van der Waals surface area contributed by atoms with Crippen molar-refractivity contribution in [1.29, 1.82) is 0 Å². The minimum Gasteiger partial charge on any atom is -0.369 e. The number of alkyl halides is 3. The molecule has 44 heavy (non-hydrogen) atoms. The predicted molar refractivity (Wildman–Crippen MR) is 162 cm³/mol. The molecule has 2 aromatic heterocycles. The quantitative estimate of drug-likeness (QED) is 0.382. The molecule has 2 aliphatic heterocycles. The second kappa shape index (κ2) is 10.7. The van der Waals surface area contributed by atoms with Gasteiger partial charge in [-0.15, -0.1) is 11.3 Å². The first-order valence-corrected chi connectivity index (χ1v) is 17.3. The molecule has 7 rings (SSSR count). The smallest absolute Gasteiger partial charge is 0.369 e. The summed E-state index contributed by atoms with van der Waals surface area (Å²) in [4.78, 5) is 27.5. The van der Waals surface area contributed by atoms with Crippen LogP contribution in [-0.4, -0.2) is 85.2 Å². The largest absolute Gasteiger partial charge is 0.420 e. The molecule has 234 valence electrons. The lowest BCUT2D eigenvalue weighted by Crippen LogP contribution is -2.50. The molecule has 0 radical (unpaired) electrons. The van der Waals surface area contributed by atoms with Crippen LogP contribution in [0.25, 0.3) is 10.6 Å². The van der Waals surface area contributed by atoms with Crippen LogP contribution in [0.3, 0.4) is 0 Å². The van der Waals surface area contributed by atoms with Gasteiger partial charge in [-0.2, -0.15) is 13.2 Å². The van der Waals surface area contributed by atoms with Crippen LogP contribution in [0.15, 0.2) is 35.4 Å². The fraction of sp³-hybridized carbons (Fsp3) is 0.500. The number of sulfone groups is 1.